The fraction of sp³-hybridized carbons (Fsp3) is 0. The fourth-order valence-electron chi connectivity index (χ4n) is 1.89. The molecule has 0 fully saturated rings. The van der Waals surface area contributed by atoms with Crippen molar-refractivity contribution in [2.75, 3.05) is 0 Å². The van der Waals surface area contributed by atoms with Crippen LogP contribution in [0.5, 0.6) is 0 Å². The van der Waals surface area contributed by atoms with Crippen LogP contribution in [-0.2, 0) is 0 Å². The molecule has 0 saturated heterocycles. The molecule has 0 aliphatic rings. The number of fused-ring (bicyclic) bond motifs is 3. The highest BCUT2D eigenvalue weighted by molar-refractivity contribution is 9.10. The summed E-state index contributed by atoms with van der Waals surface area (Å²) >= 11 is 3.40. The van der Waals surface area contributed by atoms with Crippen LogP contribution >= 0.6 is 15.9 Å². The molecule has 0 spiro atoms. The van der Waals surface area contributed by atoms with Crippen molar-refractivity contribution in [2.24, 2.45) is 0 Å². The summed E-state index contributed by atoms with van der Waals surface area (Å²) in [5, 5.41) is 10.8. The molecule has 1 aromatic carbocycles. The number of nitrogens with one attached hydrogen (secondary N) is 1. The molecule has 0 aliphatic carbocycles. The maximum Gasteiger partial charge on any atom is 0.354 e. The van der Waals surface area contributed by atoms with Crippen LogP contribution in [0.2, 0.25) is 0 Å². The number of rotatable bonds is 1. The predicted octanol–water partition coefficient (Wildman–Crippen LogP) is 3.18. The van der Waals surface area contributed by atoms with Crippen molar-refractivity contribution < 1.29 is 9.90 Å². The van der Waals surface area contributed by atoms with Crippen molar-refractivity contribution >= 4 is 43.7 Å². The van der Waals surface area contributed by atoms with E-state index in [9.17, 15) is 4.79 Å². The number of hydrogen-bond donors (Lipinski definition) is 2. The van der Waals surface area contributed by atoms with Crippen molar-refractivity contribution in [3.05, 3.63) is 40.6 Å². The highest BCUT2D eigenvalue weighted by Crippen LogP contribution is 2.27. The monoisotopic (exact) mass is 290 g/mol. The van der Waals surface area contributed by atoms with Gasteiger partial charge in [-0.3, -0.25) is 0 Å². The minimum atomic E-state index is -1.02. The quantitative estimate of drug-likeness (QED) is 0.723. The van der Waals surface area contributed by atoms with Gasteiger partial charge in [-0.25, -0.2) is 9.78 Å². The number of H-pyrrole nitrogens is 1. The summed E-state index contributed by atoms with van der Waals surface area (Å²) in [5.74, 6) is -1.02. The molecular weight excluding hydrogens is 284 g/mol. The van der Waals surface area contributed by atoms with E-state index in [0.29, 0.717) is 0 Å². The van der Waals surface area contributed by atoms with Gasteiger partial charge in [0.2, 0.25) is 0 Å². The Balaban J connectivity index is 2.43. The van der Waals surface area contributed by atoms with Gasteiger partial charge < -0.3 is 10.1 Å². The van der Waals surface area contributed by atoms with Crippen LogP contribution in [0.15, 0.2) is 34.9 Å². The molecule has 2 N–H and O–H groups in total. The number of carboxylic acids is 1. The Bertz CT molecular complexity index is 749. The van der Waals surface area contributed by atoms with Crippen LogP contribution in [0.4, 0.5) is 0 Å². The number of pyridine rings is 1. The number of carboxylic acid groups (broad SMARTS) is 1. The maximum atomic E-state index is 10.9. The second kappa shape index (κ2) is 3.56. The molecule has 2 aromatic heterocycles. The third kappa shape index (κ3) is 1.59. The standard InChI is InChI=1S/C12H7BrN2O2/c13-6-1-2-9-7(3-6)8-4-10(12(16)17)14-5-11(8)15-9/h1-5,15H,(H,16,17). The van der Waals surface area contributed by atoms with E-state index < -0.39 is 5.97 Å². The van der Waals surface area contributed by atoms with Gasteiger partial charge in [0.05, 0.1) is 11.7 Å². The van der Waals surface area contributed by atoms with E-state index in [1.165, 1.54) is 0 Å². The average Bonchev–Trinajstić information content (AvgIpc) is 2.66. The first-order valence-electron chi connectivity index (χ1n) is 4.95. The van der Waals surface area contributed by atoms with Gasteiger partial charge in [-0.15, -0.1) is 0 Å². The number of aromatic nitrogens is 2. The summed E-state index contributed by atoms with van der Waals surface area (Å²) in [7, 11) is 0. The van der Waals surface area contributed by atoms with E-state index in [1.54, 1.807) is 12.3 Å². The zero-order chi connectivity index (χ0) is 12.0. The first-order chi connectivity index (χ1) is 8.15. The second-order valence-electron chi connectivity index (χ2n) is 3.74. The molecule has 4 nitrogen and oxygen atoms in total. The number of benzene rings is 1. The summed E-state index contributed by atoms with van der Waals surface area (Å²) in [5.41, 5.74) is 1.86. The Morgan fingerprint density at radius 2 is 2.00 bits per heavy atom. The van der Waals surface area contributed by atoms with Gasteiger partial charge in [0.1, 0.15) is 5.69 Å². The minimum absolute atomic E-state index is 0.0541. The van der Waals surface area contributed by atoms with Gasteiger partial charge in [-0.2, -0.15) is 0 Å². The predicted molar refractivity (Wildman–Crippen MR) is 68.3 cm³/mol. The highest BCUT2D eigenvalue weighted by atomic mass is 79.9. The molecule has 0 amide bonds. The van der Waals surface area contributed by atoms with Crippen molar-refractivity contribution in [2.45, 2.75) is 0 Å². The molecular formula is C12H7BrN2O2. The van der Waals surface area contributed by atoms with E-state index in [0.717, 1.165) is 26.3 Å². The number of carbonyl (C=O) groups is 1. The Kier molecular flexibility index (Phi) is 2.16. The highest BCUT2D eigenvalue weighted by Gasteiger charge is 2.09. The van der Waals surface area contributed by atoms with Crippen LogP contribution in [0.25, 0.3) is 21.8 Å². The van der Waals surface area contributed by atoms with Crippen LogP contribution in [-0.4, -0.2) is 21.0 Å². The first kappa shape index (κ1) is 10.3. The molecule has 0 atom stereocenters. The van der Waals surface area contributed by atoms with E-state index in [4.69, 9.17) is 5.11 Å². The largest absolute Gasteiger partial charge is 0.477 e. The second-order valence-corrected chi connectivity index (χ2v) is 4.65. The Morgan fingerprint density at radius 1 is 1.24 bits per heavy atom. The van der Waals surface area contributed by atoms with Crippen molar-refractivity contribution in [1.82, 2.24) is 9.97 Å². The van der Waals surface area contributed by atoms with Crippen molar-refractivity contribution in [3.8, 4) is 0 Å². The zero-order valence-corrected chi connectivity index (χ0v) is 10.2. The molecule has 0 radical (unpaired) electrons. The van der Waals surface area contributed by atoms with Crippen LogP contribution in [0.3, 0.4) is 0 Å². The molecule has 84 valence electrons. The number of aromatic carboxylic acids is 1. The normalized spacial score (nSPS) is 11.1. The molecule has 17 heavy (non-hydrogen) atoms. The summed E-state index contributed by atoms with van der Waals surface area (Å²) < 4.78 is 0.958. The number of hydrogen-bond acceptors (Lipinski definition) is 2. The Hall–Kier alpha value is -1.88. The molecule has 0 bridgehead atoms. The van der Waals surface area contributed by atoms with Crippen LogP contribution in [0, 0.1) is 0 Å². The summed E-state index contributed by atoms with van der Waals surface area (Å²) in [6.45, 7) is 0. The van der Waals surface area contributed by atoms with E-state index in [-0.39, 0.29) is 5.69 Å². The fourth-order valence-corrected chi connectivity index (χ4v) is 2.25. The average molecular weight is 291 g/mol. The molecule has 2 heterocycles. The molecule has 0 unspecified atom stereocenters. The van der Waals surface area contributed by atoms with Crippen LogP contribution < -0.4 is 0 Å². The van der Waals surface area contributed by atoms with Gasteiger partial charge >= 0.3 is 5.97 Å². The number of halogens is 1. The van der Waals surface area contributed by atoms with Gasteiger partial charge in [-0.05, 0) is 24.3 Å². The third-order valence-electron chi connectivity index (χ3n) is 2.66. The first-order valence-corrected chi connectivity index (χ1v) is 5.75. The SMILES string of the molecule is O=C(O)c1cc2c(cn1)[nH]c1ccc(Br)cc12. The smallest absolute Gasteiger partial charge is 0.354 e. The number of nitrogens with zero attached hydrogens (tertiary/aromatic N) is 1. The lowest BCUT2D eigenvalue weighted by molar-refractivity contribution is 0.0691. The number of aromatic amines is 1. The lowest BCUT2D eigenvalue weighted by atomic mass is 10.1. The lowest BCUT2D eigenvalue weighted by Gasteiger charge is -1.94. The van der Waals surface area contributed by atoms with Crippen molar-refractivity contribution in [3.63, 3.8) is 0 Å². The van der Waals surface area contributed by atoms with Gasteiger partial charge in [-0.1, -0.05) is 15.9 Å². The Labute approximate surface area is 104 Å². The zero-order valence-electron chi connectivity index (χ0n) is 8.57. The minimum Gasteiger partial charge on any atom is -0.477 e. The van der Waals surface area contributed by atoms with Gasteiger partial charge in [0, 0.05) is 20.8 Å². The maximum absolute atomic E-state index is 10.9. The summed E-state index contributed by atoms with van der Waals surface area (Å²) in [6, 6.07) is 7.42. The molecule has 0 aliphatic heterocycles. The molecule has 3 rings (SSSR count). The molecule has 3 aromatic rings. The molecule has 5 heteroatoms. The topological polar surface area (TPSA) is 66.0 Å². The van der Waals surface area contributed by atoms with Crippen LogP contribution in [0.1, 0.15) is 10.5 Å². The third-order valence-corrected chi connectivity index (χ3v) is 3.16. The van der Waals surface area contributed by atoms with E-state index in [2.05, 4.69) is 25.9 Å². The van der Waals surface area contributed by atoms with E-state index in [1.807, 2.05) is 18.2 Å². The summed E-state index contributed by atoms with van der Waals surface area (Å²) in [6.07, 6.45) is 1.55. The van der Waals surface area contributed by atoms with Gasteiger partial charge in [0.15, 0.2) is 0 Å². The molecule has 0 saturated carbocycles. The summed E-state index contributed by atoms with van der Waals surface area (Å²) in [4.78, 5) is 18.0. The van der Waals surface area contributed by atoms with E-state index >= 15 is 0 Å². The Morgan fingerprint density at radius 3 is 2.76 bits per heavy atom. The van der Waals surface area contributed by atoms with Gasteiger partial charge in [0.25, 0.3) is 0 Å². The lowest BCUT2D eigenvalue weighted by Crippen LogP contribution is -1.98. The van der Waals surface area contributed by atoms with Crippen molar-refractivity contribution in [1.29, 1.82) is 0 Å².